The molecule has 142 valence electrons. The highest BCUT2D eigenvalue weighted by Crippen LogP contribution is 2.25. The fourth-order valence-corrected chi connectivity index (χ4v) is 4.29. The Morgan fingerprint density at radius 2 is 2.11 bits per heavy atom. The van der Waals surface area contributed by atoms with Crippen LogP contribution in [0.4, 0.5) is 0 Å². The lowest BCUT2D eigenvalue weighted by atomic mass is 10.1. The van der Waals surface area contributed by atoms with Crippen LogP contribution in [0.5, 0.6) is 0 Å². The first-order chi connectivity index (χ1) is 12.9. The van der Waals surface area contributed by atoms with Crippen LogP contribution in [0.3, 0.4) is 0 Å². The average Bonchev–Trinajstić information content (AvgIpc) is 3.11. The van der Waals surface area contributed by atoms with E-state index in [4.69, 9.17) is 0 Å². The number of nitrogens with zero attached hydrogens (tertiary/aromatic N) is 2. The second kappa shape index (κ2) is 8.27. The van der Waals surface area contributed by atoms with Crippen LogP contribution in [0.1, 0.15) is 31.4 Å². The summed E-state index contributed by atoms with van der Waals surface area (Å²) in [5.41, 5.74) is 3.46. The van der Waals surface area contributed by atoms with Gasteiger partial charge in [0, 0.05) is 6.04 Å². The number of aromatic nitrogens is 2. The molecule has 0 saturated heterocycles. The monoisotopic (exact) mass is 401 g/mol. The van der Waals surface area contributed by atoms with Gasteiger partial charge in [-0.3, -0.25) is 14.2 Å². The van der Waals surface area contributed by atoms with E-state index in [0.29, 0.717) is 15.4 Å². The van der Waals surface area contributed by atoms with Crippen LogP contribution in [-0.2, 0) is 4.79 Å². The van der Waals surface area contributed by atoms with Crippen molar-refractivity contribution in [1.29, 1.82) is 0 Å². The largest absolute Gasteiger partial charge is 0.353 e. The molecule has 7 heteroatoms. The Hall–Kier alpha value is -2.12. The first-order valence-electron chi connectivity index (χ1n) is 8.90. The number of fused-ring (bicyclic) bond motifs is 1. The summed E-state index contributed by atoms with van der Waals surface area (Å²) in [4.78, 5) is 30.0. The van der Waals surface area contributed by atoms with E-state index in [1.807, 2.05) is 57.3 Å². The van der Waals surface area contributed by atoms with Gasteiger partial charge < -0.3 is 5.32 Å². The fraction of sp³-hybridized carbons (Fsp3) is 0.350. The zero-order valence-corrected chi connectivity index (χ0v) is 17.5. The Morgan fingerprint density at radius 1 is 1.33 bits per heavy atom. The van der Waals surface area contributed by atoms with Crippen LogP contribution in [0.15, 0.2) is 39.6 Å². The number of carbonyl (C=O) groups excluding carboxylic acids is 1. The molecule has 5 nitrogen and oxygen atoms in total. The highest BCUT2D eigenvalue weighted by atomic mass is 32.2. The molecule has 1 N–H and O–H groups in total. The molecular weight excluding hydrogens is 378 g/mol. The molecule has 27 heavy (non-hydrogen) atoms. The summed E-state index contributed by atoms with van der Waals surface area (Å²) in [7, 11) is 0. The molecule has 3 aromatic rings. The van der Waals surface area contributed by atoms with Gasteiger partial charge >= 0.3 is 0 Å². The molecule has 2 heterocycles. The molecule has 0 spiro atoms. The van der Waals surface area contributed by atoms with Gasteiger partial charge in [-0.05, 0) is 55.8 Å². The highest BCUT2D eigenvalue weighted by molar-refractivity contribution is 7.99. The van der Waals surface area contributed by atoms with Crippen molar-refractivity contribution in [3.8, 4) is 5.69 Å². The van der Waals surface area contributed by atoms with E-state index in [9.17, 15) is 9.59 Å². The van der Waals surface area contributed by atoms with Crippen molar-refractivity contribution in [2.24, 2.45) is 0 Å². The SMILES string of the molecule is CCC(C)NC(=O)CSc1nc2ccsc2c(=O)n1-c1cc(C)ccc1C. The molecule has 0 radical (unpaired) electrons. The molecule has 1 unspecified atom stereocenters. The minimum Gasteiger partial charge on any atom is -0.353 e. The van der Waals surface area contributed by atoms with Gasteiger partial charge in [0.25, 0.3) is 5.56 Å². The lowest BCUT2D eigenvalue weighted by Gasteiger charge is -2.15. The number of benzene rings is 1. The number of rotatable bonds is 6. The van der Waals surface area contributed by atoms with Gasteiger partial charge in [-0.15, -0.1) is 11.3 Å². The van der Waals surface area contributed by atoms with Gasteiger partial charge in [-0.25, -0.2) is 4.98 Å². The number of thiophene rings is 1. The Bertz CT molecular complexity index is 1040. The van der Waals surface area contributed by atoms with Crippen LogP contribution in [0.25, 0.3) is 15.9 Å². The zero-order valence-electron chi connectivity index (χ0n) is 15.9. The molecule has 0 aliphatic carbocycles. The average molecular weight is 402 g/mol. The molecule has 0 saturated carbocycles. The van der Waals surface area contributed by atoms with Crippen LogP contribution in [0, 0.1) is 13.8 Å². The zero-order chi connectivity index (χ0) is 19.6. The van der Waals surface area contributed by atoms with Gasteiger partial charge in [0.05, 0.1) is 17.0 Å². The summed E-state index contributed by atoms with van der Waals surface area (Å²) < 4.78 is 2.27. The van der Waals surface area contributed by atoms with Crippen LogP contribution < -0.4 is 10.9 Å². The minimum absolute atomic E-state index is 0.0541. The first kappa shape index (κ1) is 19.6. The minimum atomic E-state index is -0.0893. The van der Waals surface area contributed by atoms with E-state index < -0.39 is 0 Å². The van der Waals surface area contributed by atoms with Crippen molar-refractivity contribution in [3.63, 3.8) is 0 Å². The van der Waals surface area contributed by atoms with Gasteiger partial charge in [0.1, 0.15) is 4.70 Å². The topological polar surface area (TPSA) is 64.0 Å². The predicted molar refractivity (Wildman–Crippen MR) is 113 cm³/mol. The van der Waals surface area contributed by atoms with Crippen LogP contribution >= 0.6 is 23.1 Å². The van der Waals surface area contributed by atoms with Crippen LogP contribution in [0.2, 0.25) is 0 Å². The molecular formula is C20H23N3O2S2. The molecule has 0 aliphatic heterocycles. The first-order valence-corrected chi connectivity index (χ1v) is 10.8. The molecule has 1 amide bonds. The third kappa shape index (κ3) is 4.25. The van der Waals surface area contributed by atoms with Gasteiger partial charge in [0.15, 0.2) is 5.16 Å². The Morgan fingerprint density at radius 3 is 2.85 bits per heavy atom. The van der Waals surface area contributed by atoms with Crippen molar-refractivity contribution in [3.05, 3.63) is 51.1 Å². The smallest absolute Gasteiger partial charge is 0.276 e. The standard InChI is InChI=1S/C20H23N3O2S2/c1-5-14(4)21-17(24)11-27-20-22-15-8-9-26-18(15)19(25)23(20)16-10-12(2)6-7-13(16)3/h6-10,14H,5,11H2,1-4H3,(H,21,24). The number of carbonyl (C=O) groups is 1. The number of aryl methyl sites for hydroxylation is 2. The summed E-state index contributed by atoms with van der Waals surface area (Å²) in [6.45, 7) is 7.98. The molecule has 1 atom stereocenters. The molecule has 3 rings (SSSR count). The molecule has 0 bridgehead atoms. The second-order valence-corrected chi connectivity index (χ2v) is 8.48. The summed E-state index contributed by atoms with van der Waals surface area (Å²) in [6, 6.07) is 7.98. The predicted octanol–water partition coefficient (Wildman–Crippen LogP) is 4.07. The number of hydrogen-bond acceptors (Lipinski definition) is 5. The summed E-state index contributed by atoms with van der Waals surface area (Å²) >= 11 is 2.69. The third-order valence-electron chi connectivity index (χ3n) is 4.41. The van der Waals surface area contributed by atoms with Gasteiger partial charge in [-0.2, -0.15) is 0 Å². The van der Waals surface area contributed by atoms with Crippen molar-refractivity contribution in [1.82, 2.24) is 14.9 Å². The van der Waals surface area contributed by atoms with Crippen molar-refractivity contribution in [2.75, 3.05) is 5.75 Å². The Balaban J connectivity index is 2.04. The van der Waals surface area contributed by atoms with E-state index in [1.165, 1.54) is 23.1 Å². The summed E-state index contributed by atoms with van der Waals surface area (Å²) in [5, 5.41) is 5.37. The van der Waals surface area contributed by atoms with E-state index >= 15 is 0 Å². The Labute approximate surface area is 166 Å². The lowest BCUT2D eigenvalue weighted by Crippen LogP contribution is -2.33. The summed E-state index contributed by atoms with van der Waals surface area (Å²) in [6.07, 6.45) is 0.878. The number of hydrogen-bond donors (Lipinski definition) is 1. The third-order valence-corrected chi connectivity index (χ3v) is 6.24. The van der Waals surface area contributed by atoms with E-state index in [-0.39, 0.29) is 23.3 Å². The summed E-state index contributed by atoms with van der Waals surface area (Å²) in [5.74, 6) is 0.165. The van der Waals surface area contributed by atoms with E-state index in [1.54, 1.807) is 4.57 Å². The van der Waals surface area contributed by atoms with Crippen LogP contribution in [-0.4, -0.2) is 27.3 Å². The molecule has 0 aliphatic rings. The Kier molecular flexibility index (Phi) is 6.01. The second-order valence-electron chi connectivity index (χ2n) is 6.63. The van der Waals surface area contributed by atoms with Gasteiger partial charge in [0.2, 0.25) is 5.91 Å². The van der Waals surface area contributed by atoms with E-state index in [0.717, 1.165) is 23.2 Å². The number of amides is 1. The lowest BCUT2D eigenvalue weighted by molar-refractivity contribution is -0.119. The maximum atomic E-state index is 13.2. The normalized spacial score (nSPS) is 12.3. The van der Waals surface area contributed by atoms with Crippen molar-refractivity contribution in [2.45, 2.75) is 45.3 Å². The quantitative estimate of drug-likeness (QED) is 0.499. The maximum Gasteiger partial charge on any atom is 0.276 e. The van der Waals surface area contributed by atoms with Gasteiger partial charge in [-0.1, -0.05) is 30.8 Å². The molecule has 0 fully saturated rings. The molecule has 2 aromatic heterocycles. The number of thioether (sulfide) groups is 1. The highest BCUT2D eigenvalue weighted by Gasteiger charge is 2.17. The van der Waals surface area contributed by atoms with Crippen molar-refractivity contribution >= 4 is 39.2 Å². The maximum absolute atomic E-state index is 13.2. The van der Waals surface area contributed by atoms with E-state index in [2.05, 4.69) is 10.3 Å². The number of nitrogens with one attached hydrogen (secondary N) is 1. The van der Waals surface area contributed by atoms with Crippen molar-refractivity contribution < 1.29 is 4.79 Å². The fourth-order valence-electron chi connectivity index (χ4n) is 2.71. The molecule has 1 aromatic carbocycles.